The molecule has 4 rings (SSSR count). The summed E-state index contributed by atoms with van der Waals surface area (Å²) < 4.78 is 5.89. The highest BCUT2D eigenvalue weighted by molar-refractivity contribution is 7.16. The van der Waals surface area contributed by atoms with Gasteiger partial charge in [0.25, 0.3) is 0 Å². The predicted molar refractivity (Wildman–Crippen MR) is 85.2 cm³/mol. The van der Waals surface area contributed by atoms with Gasteiger partial charge < -0.3 is 9.64 Å². The average Bonchev–Trinajstić information content (AvgIpc) is 3.15. The van der Waals surface area contributed by atoms with Crippen molar-refractivity contribution in [2.75, 3.05) is 24.6 Å². The van der Waals surface area contributed by atoms with Crippen LogP contribution in [0.1, 0.15) is 16.8 Å². The Morgan fingerprint density at radius 2 is 2.29 bits per heavy atom. The van der Waals surface area contributed by atoms with Gasteiger partial charge in [-0.15, -0.1) is 22.7 Å². The van der Waals surface area contributed by atoms with E-state index >= 15 is 0 Å². The van der Waals surface area contributed by atoms with E-state index in [1.807, 2.05) is 6.92 Å². The maximum absolute atomic E-state index is 5.89. The van der Waals surface area contributed by atoms with Crippen LogP contribution in [0.5, 0.6) is 0 Å². The molecular weight excluding hydrogens is 304 g/mol. The van der Waals surface area contributed by atoms with Crippen molar-refractivity contribution in [1.82, 2.24) is 15.0 Å². The Bertz CT molecular complexity index is 769. The maximum Gasteiger partial charge on any atom is 0.140 e. The second kappa shape index (κ2) is 5.32. The molecule has 0 bridgehead atoms. The summed E-state index contributed by atoms with van der Waals surface area (Å²) in [4.78, 5) is 16.7. The molecule has 0 spiro atoms. The SMILES string of the molecule is Cc1csc([C@@H]2CN(c3ncnc4sccc34)CCO2)n1. The largest absolute Gasteiger partial charge is 0.367 e. The third kappa shape index (κ3) is 2.41. The maximum atomic E-state index is 5.89. The second-order valence-corrected chi connectivity index (χ2v) is 6.75. The predicted octanol–water partition coefficient (Wildman–Crippen LogP) is 3.03. The van der Waals surface area contributed by atoms with Crippen molar-refractivity contribution in [2.24, 2.45) is 0 Å². The van der Waals surface area contributed by atoms with Crippen molar-refractivity contribution < 1.29 is 4.74 Å². The van der Waals surface area contributed by atoms with E-state index in [4.69, 9.17) is 4.74 Å². The van der Waals surface area contributed by atoms with Crippen LogP contribution in [0.15, 0.2) is 23.2 Å². The van der Waals surface area contributed by atoms with Gasteiger partial charge >= 0.3 is 0 Å². The Balaban J connectivity index is 1.65. The smallest absolute Gasteiger partial charge is 0.140 e. The van der Waals surface area contributed by atoms with E-state index in [2.05, 4.69) is 36.7 Å². The minimum atomic E-state index is 0.0288. The van der Waals surface area contributed by atoms with Gasteiger partial charge in [-0.05, 0) is 18.4 Å². The molecule has 0 aromatic carbocycles. The summed E-state index contributed by atoms with van der Waals surface area (Å²) in [6.07, 6.45) is 1.67. The number of hydrogen-bond donors (Lipinski definition) is 0. The first-order valence-electron chi connectivity index (χ1n) is 6.78. The van der Waals surface area contributed by atoms with Gasteiger partial charge in [-0.3, -0.25) is 0 Å². The lowest BCUT2D eigenvalue weighted by atomic mass is 10.2. The van der Waals surface area contributed by atoms with E-state index in [0.717, 1.165) is 39.8 Å². The number of ether oxygens (including phenoxy) is 1. The number of anilines is 1. The summed E-state index contributed by atoms with van der Waals surface area (Å²) >= 11 is 3.31. The average molecular weight is 318 g/mol. The molecule has 1 aliphatic rings. The summed E-state index contributed by atoms with van der Waals surface area (Å²) in [5.41, 5.74) is 1.05. The molecule has 108 valence electrons. The topological polar surface area (TPSA) is 51.1 Å². The van der Waals surface area contributed by atoms with Crippen molar-refractivity contribution in [3.8, 4) is 0 Å². The zero-order chi connectivity index (χ0) is 14.2. The van der Waals surface area contributed by atoms with Gasteiger partial charge in [-0.2, -0.15) is 0 Å². The van der Waals surface area contributed by atoms with Crippen LogP contribution >= 0.6 is 22.7 Å². The van der Waals surface area contributed by atoms with E-state index in [9.17, 15) is 0 Å². The molecule has 1 atom stereocenters. The summed E-state index contributed by atoms with van der Waals surface area (Å²) in [6, 6.07) is 2.09. The number of hydrogen-bond acceptors (Lipinski definition) is 7. The van der Waals surface area contributed by atoms with Crippen LogP contribution in [0, 0.1) is 6.92 Å². The van der Waals surface area contributed by atoms with Gasteiger partial charge in [0, 0.05) is 17.6 Å². The molecular formula is C14H14N4OS2. The molecule has 7 heteroatoms. The van der Waals surface area contributed by atoms with Gasteiger partial charge in [0.2, 0.25) is 0 Å². The number of morpholine rings is 1. The Hall–Kier alpha value is -1.57. The highest BCUT2D eigenvalue weighted by atomic mass is 32.1. The second-order valence-electron chi connectivity index (χ2n) is 4.97. The Morgan fingerprint density at radius 3 is 3.14 bits per heavy atom. The fourth-order valence-electron chi connectivity index (χ4n) is 2.54. The molecule has 1 aliphatic heterocycles. The van der Waals surface area contributed by atoms with Crippen LogP contribution in [0.2, 0.25) is 0 Å². The van der Waals surface area contributed by atoms with Crippen molar-refractivity contribution in [3.63, 3.8) is 0 Å². The lowest BCUT2D eigenvalue weighted by Crippen LogP contribution is -2.39. The minimum Gasteiger partial charge on any atom is -0.367 e. The Kier molecular flexibility index (Phi) is 3.33. The van der Waals surface area contributed by atoms with Crippen molar-refractivity contribution in [2.45, 2.75) is 13.0 Å². The Morgan fingerprint density at radius 1 is 1.33 bits per heavy atom. The first-order valence-corrected chi connectivity index (χ1v) is 8.54. The monoisotopic (exact) mass is 318 g/mol. The van der Waals surface area contributed by atoms with E-state index in [-0.39, 0.29) is 6.10 Å². The van der Waals surface area contributed by atoms with Gasteiger partial charge in [-0.25, -0.2) is 15.0 Å². The van der Waals surface area contributed by atoms with Crippen molar-refractivity contribution in [1.29, 1.82) is 0 Å². The van der Waals surface area contributed by atoms with E-state index in [1.165, 1.54) is 0 Å². The van der Waals surface area contributed by atoms with Gasteiger partial charge in [0.1, 0.15) is 28.1 Å². The zero-order valence-electron chi connectivity index (χ0n) is 11.5. The lowest BCUT2D eigenvalue weighted by Gasteiger charge is -2.33. The van der Waals surface area contributed by atoms with E-state index in [0.29, 0.717) is 6.61 Å². The van der Waals surface area contributed by atoms with Crippen molar-refractivity contribution in [3.05, 3.63) is 33.9 Å². The number of rotatable bonds is 2. The molecule has 21 heavy (non-hydrogen) atoms. The minimum absolute atomic E-state index is 0.0288. The summed E-state index contributed by atoms with van der Waals surface area (Å²) in [7, 11) is 0. The molecule has 0 aliphatic carbocycles. The molecule has 0 N–H and O–H groups in total. The van der Waals surface area contributed by atoms with Gasteiger partial charge in [0.05, 0.1) is 18.5 Å². The molecule has 3 aromatic rings. The van der Waals surface area contributed by atoms with Gasteiger partial charge in [-0.1, -0.05) is 0 Å². The van der Waals surface area contributed by atoms with Crippen LogP contribution in [-0.4, -0.2) is 34.6 Å². The highest BCUT2D eigenvalue weighted by Gasteiger charge is 2.26. The van der Waals surface area contributed by atoms with Crippen LogP contribution in [0.4, 0.5) is 5.82 Å². The molecule has 0 amide bonds. The molecule has 1 fully saturated rings. The van der Waals surface area contributed by atoms with Crippen molar-refractivity contribution >= 4 is 38.7 Å². The van der Waals surface area contributed by atoms with Crippen LogP contribution < -0.4 is 4.90 Å². The van der Waals surface area contributed by atoms with Crippen LogP contribution in [0.25, 0.3) is 10.2 Å². The normalized spacial score (nSPS) is 19.3. The molecule has 3 aromatic heterocycles. The fourth-order valence-corrected chi connectivity index (χ4v) is 4.10. The van der Waals surface area contributed by atoms with E-state index < -0.39 is 0 Å². The van der Waals surface area contributed by atoms with E-state index in [1.54, 1.807) is 29.0 Å². The third-order valence-electron chi connectivity index (χ3n) is 3.52. The number of aryl methyl sites for hydroxylation is 1. The molecule has 0 radical (unpaired) electrons. The Labute approximate surface area is 130 Å². The fraction of sp³-hybridized carbons (Fsp3) is 0.357. The summed E-state index contributed by atoms with van der Waals surface area (Å²) in [5.74, 6) is 1.00. The standard InChI is InChI=1S/C14H14N4OS2/c1-9-7-21-14(17-9)11-6-18(3-4-19-11)12-10-2-5-20-13(10)16-8-15-12/h2,5,7-8,11H,3-4,6H2,1H3/t11-/m0/s1. The number of fused-ring (bicyclic) bond motifs is 1. The van der Waals surface area contributed by atoms with Gasteiger partial charge in [0.15, 0.2) is 0 Å². The number of thiophene rings is 1. The zero-order valence-corrected chi connectivity index (χ0v) is 13.2. The molecule has 4 heterocycles. The van der Waals surface area contributed by atoms with Crippen LogP contribution in [-0.2, 0) is 4.74 Å². The lowest BCUT2D eigenvalue weighted by molar-refractivity contribution is 0.0394. The third-order valence-corrected chi connectivity index (χ3v) is 5.39. The first kappa shape index (κ1) is 13.1. The number of aromatic nitrogens is 3. The van der Waals surface area contributed by atoms with Crippen LogP contribution in [0.3, 0.4) is 0 Å². The molecule has 5 nitrogen and oxygen atoms in total. The molecule has 0 saturated carbocycles. The summed E-state index contributed by atoms with van der Waals surface area (Å²) in [5, 5.41) is 6.30. The summed E-state index contributed by atoms with van der Waals surface area (Å²) in [6.45, 7) is 4.34. The number of nitrogens with zero attached hydrogens (tertiary/aromatic N) is 4. The first-order chi connectivity index (χ1) is 10.3. The molecule has 1 saturated heterocycles. The highest BCUT2D eigenvalue weighted by Crippen LogP contribution is 2.31. The quantitative estimate of drug-likeness (QED) is 0.727. The number of thiazole rings is 1. The molecule has 0 unspecified atom stereocenters.